The molecule has 1 aromatic heterocycles. The molecule has 5 nitrogen and oxygen atoms in total. The number of carbonyl (C=O) groups excluding carboxylic acids is 1. The second kappa shape index (κ2) is 6.85. The number of benzene rings is 2. The number of amides is 1. The number of rotatable bonds is 4. The predicted molar refractivity (Wildman–Crippen MR) is 107 cm³/mol. The van der Waals surface area contributed by atoms with Crippen LogP contribution in [0, 0.1) is 0 Å². The van der Waals surface area contributed by atoms with Gasteiger partial charge in [-0.05, 0) is 18.1 Å². The van der Waals surface area contributed by atoms with Crippen molar-refractivity contribution in [2.75, 3.05) is 18.6 Å². The van der Waals surface area contributed by atoms with E-state index in [-0.39, 0.29) is 23.5 Å². The zero-order valence-corrected chi connectivity index (χ0v) is 16.0. The number of nitrogens with zero attached hydrogens (tertiary/aromatic N) is 2. The van der Waals surface area contributed by atoms with Gasteiger partial charge in [-0.1, -0.05) is 48.5 Å². The molecule has 4 rings (SSSR count). The fourth-order valence-corrected chi connectivity index (χ4v) is 5.54. The molecule has 1 aliphatic heterocycles. The maximum Gasteiger partial charge on any atom is 0.256 e. The van der Waals surface area contributed by atoms with Crippen LogP contribution in [0.1, 0.15) is 22.3 Å². The van der Waals surface area contributed by atoms with Crippen LogP contribution in [-0.4, -0.2) is 48.4 Å². The summed E-state index contributed by atoms with van der Waals surface area (Å²) in [6.07, 6.45) is 2.40. The lowest BCUT2D eigenvalue weighted by Gasteiger charge is -2.23. The van der Waals surface area contributed by atoms with E-state index in [1.807, 2.05) is 48.7 Å². The van der Waals surface area contributed by atoms with Crippen LogP contribution >= 0.6 is 0 Å². The highest BCUT2D eigenvalue weighted by Gasteiger charge is 2.33. The van der Waals surface area contributed by atoms with Gasteiger partial charge in [0.15, 0.2) is 9.84 Å². The van der Waals surface area contributed by atoms with Crippen LogP contribution in [0.3, 0.4) is 0 Å². The Morgan fingerprint density at radius 1 is 1.11 bits per heavy atom. The van der Waals surface area contributed by atoms with Crippen LogP contribution in [0.5, 0.6) is 0 Å². The van der Waals surface area contributed by atoms with Gasteiger partial charge in [0.05, 0.1) is 17.1 Å². The maximum absolute atomic E-state index is 13.1. The highest BCUT2D eigenvalue weighted by molar-refractivity contribution is 7.91. The smallest absolute Gasteiger partial charge is 0.256 e. The van der Waals surface area contributed by atoms with Gasteiger partial charge in [-0.25, -0.2) is 8.42 Å². The molecule has 0 bridgehead atoms. The molecule has 0 N–H and O–H groups in total. The van der Waals surface area contributed by atoms with E-state index in [1.165, 1.54) is 0 Å². The molecule has 0 unspecified atom stereocenters. The van der Waals surface area contributed by atoms with Gasteiger partial charge in [0.2, 0.25) is 0 Å². The standard InChI is InChI=1S/C21H22N2O3S/c1-22(17-11-12-27(25,26)15-17)21(24)19-14-23(13-16-7-3-2-4-8-16)20-10-6-5-9-18(19)20/h2-10,14,17H,11-13,15H2,1H3/t17-/m0/s1. The molecule has 0 radical (unpaired) electrons. The SMILES string of the molecule is CN(C(=O)c1cn(Cc2ccccc2)c2ccccc12)[C@H]1CCS(=O)(=O)C1. The minimum Gasteiger partial charge on any atom is -0.342 e. The van der Waals surface area contributed by atoms with E-state index in [1.54, 1.807) is 11.9 Å². The lowest BCUT2D eigenvalue weighted by molar-refractivity contribution is 0.0749. The van der Waals surface area contributed by atoms with Crippen LogP contribution in [0.25, 0.3) is 10.9 Å². The highest BCUT2D eigenvalue weighted by atomic mass is 32.2. The van der Waals surface area contributed by atoms with Crippen LogP contribution in [0.2, 0.25) is 0 Å². The third-order valence-corrected chi connectivity index (χ3v) is 7.04. The van der Waals surface area contributed by atoms with Gasteiger partial charge in [0.1, 0.15) is 0 Å². The molecule has 1 atom stereocenters. The molecule has 140 valence electrons. The first-order valence-electron chi connectivity index (χ1n) is 9.04. The Balaban J connectivity index is 1.68. The molecule has 0 spiro atoms. The summed E-state index contributed by atoms with van der Waals surface area (Å²) in [7, 11) is -1.33. The molecule has 27 heavy (non-hydrogen) atoms. The van der Waals surface area contributed by atoms with E-state index < -0.39 is 9.84 Å². The normalized spacial score (nSPS) is 18.6. The Morgan fingerprint density at radius 3 is 2.52 bits per heavy atom. The number of hydrogen-bond donors (Lipinski definition) is 0. The van der Waals surface area contributed by atoms with Crippen molar-refractivity contribution in [2.24, 2.45) is 0 Å². The highest BCUT2D eigenvalue weighted by Crippen LogP contribution is 2.26. The molecule has 0 saturated carbocycles. The molecule has 1 fully saturated rings. The first kappa shape index (κ1) is 17.8. The van der Waals surface area contributed by atoms with E-state index in [0.29, 0.717) is 18.5 Å². The van der Waals surface area contributed by atoms with Gasteiger partial charge in [-0.15, -0.1) is 0 Å². The Kier molecular flexibility index (Phi) is 4.52. The van der Waals surface area contributed by atoms with Crippen molar-refractivity contribution in [1.82, 2.24) is 9.47 Å². The Morgan fingerprint density at radius 2 is 1.81 bits per heavy atom. The van der Waals surface area contributed by atoms with E-state index in [4.69, 9.17) is 0 Å². The maximum atomic E-state index is 13.1. The third-order valence-electron chi connectivity index (χ3n) is 5.29. The van der Waals surface area contributed by atoms with Gasteiger partial charge in [-0.2, -0.15) is 0 Å². The number of fused-ring (bicyclic) bond motifs is 1. The van der Waals surface area contributed by atoms with E-state index >= 15 is 0 Å². The molecule has 0 aliphatic carbocycles. The van der Waals surface area contributed by atoms with E-state index in [2.05, 4.69) is 16.7 Å². The zero-order chi connectivity index (χ0) is 19.0. The van der Waals surface area contributed by atoms with Crippen molar-refractivity contribution in [1.29, 1.82) is 0 Å². The monoisotopic (exact) mass is 382 g/mol. The lowest BCUT2D eigenvalue weighted by Crippen LogP contribution is -2.37. The fourth-order valence-electron chi connectivity index (χ4n) is 3.76. The molecular weight excluding hydrogens is 360 g/mol. The molecule has 1 aliphatic rings. The average molecular weight is 382 g/mol. The fraction of sp³-hybridized carbons (Fsp3) is 0.286. The van der Waals surface area contributed by atoms with E-state index in [0.717, 1.165) is 16.5 Å². The Labute approximate surface area is 159 Å². The predicted octanol–water partition coefficient (Wildman–Crippen LogP) is 2.95. The first-order chi connectivity index (χ1) is 12.9. The summed E-state index contributed by atoms with van der Waals surface area (Å²) < 4.78 is 25.6. The van der Waals surface area contributed by atoms with Gasteiger partial charge < -0.3 is 9.47 Å². The van der Waals surface area contributed by atoms with Crippen molar-refractivity contribution < 1.29 is 13.2 Å². The molecule has 3 aromatic rings. The molecule has 2 aromatic carbocycles. The second-order valence-corrected chi connectivity index (χ2v) is 9.38. The number of hydrogen-bond acceptors (Lipinski definition) is 3. The largest absolute Gasteiger partial charge is 0.342 e. The van der Waals surface area contributed by atoms with Crippen LogP contribution in [0.4, 0.5) is 0 Å². The van der Waals surface area contributed by atoms with Crippen molar-refractivity contribution in [2.45, 2.75) is 19.0 Å². The number of para-hydroxylation sites is 1. The van der Waals surface area contributed by atoms with Gasteiger partial charge in [0, 0.05) is 36.7 Å². The lowest BCUT2D eigenvalue weighted by atomic mass is 10.1. The summed E-state index contributed by atoms with van der Waals surface area (Å²) in [5.41, 5.74) is 2.78. The van der Waals surface area contributed by atoms with Crippen molar-refractivity contribution in [3.8, 4) is 0 Å². The molecule has 6 heteroatoms. The van der Waals surface area contributed by atoms with Crippen molar-refractivity contribution in [3.63, 3.8) is 0 Å². The van der Waals surface area contributed by atoms with Gasteiger partial charge in [0.25, 0.3) is 5.91 Å². The van der Waals surface area contributed by atoms with Gasteiger partial charge >= 0.3 is 0 Å². The van der Waals surface area contributed by atoms with Crippen LogP contribution < -0.4 is 0 Å². The quantitative estimate of drug-likeness (QED) is 0.697. The van der Waals surface area contributed by atoms with Crippen LogP contribution in [0.15, 0.2) is 60.8 Å². The minimum atomic E-state index is -3.03. The topological polar surface area (TPSA) is 59.4 Å². The Hall–Kier alpha value is -2.60. The number of aromatic nitrogens is 1. The molecule has 1 amide bonds. The number of carbonyl (C=O) groups is 1. The average Bonchev–Trinajstić information content (AvgIpc) is 3.22. The summed E-state index contributed by atoms with van der Waals surface area (Å²) in [6, 6.07) is 17.7. The first-order valence-corrected chi connectivity index (χ1v) is 10.9. The van der Waals surface area contributed by atoms with E-state index in [9.17, 15) is 13.2 Å². The summed E-state index contributed by atoms with van der Waals surface area (Å²) in [5, 5.41) is 0.895. The Bertz CT molecular complexity index is 1090. The zero-order valence-electron chi connectivity index (χ0n) is 15.2. The van der Waals surface area contributed by atoms with Crippen molar-refractivity contribution in [3.05, 3.63) is 71.9 Å². The molecule has 2 heterocycles. The summed E-state index contributed by atoms with van der Waals surface area (Å²) in [5.74, 6) is 0.0864. The molecular formula is C21H22N2O3S. The van der Waals surface area contributed by atoms with Gasteiger partial charge in [-0.3, -0.25) is 4.79 Å². The third kappa shape index (κ3) is 3.49. The summed E-state index contributed by atoms with van der Waals surface area (Å²) in [4.78, 5) is 14.7. The number of sulfone groups is 1. The summed E-state index contributed by atoms with van der Waals surface area (Å²) >= 11 is 0. The van der Waals surface area contributed by atoms with Crippen LogP contribution in [-0.2, 0) is 16.4 Å². The second-order valence-electron chi connectivity index (χ2n) is 7.15. The summed E-state index contributed by atoms with van der Waals surface area (Å²) in [6.45, 7) is 0.677. The minimum absolute atomic E-state index is 0.0535. The van der Waals surface area contributed by atoms with Crippen molar-refractivity contribution >= 4 is 26.6 Å². The molecule has 1 saturated heterocycles.